The van der Waals surface area contributed by atoms with Crippen LogP contribution in [0.4, 0.5) is 0 Å². The van der Waals surface area contributed by atoms with Crippen LogP contribution in [0.3, 0.4) is 0 Å². The zero-order valence-corrected chi connectivity index (χ0v) is 12.8. The molecule has 2 aromatic carbocycles. The minimum Gasteiger partial charge on any atom is -0.497 e. The average molecular weight is 295 g/mol. The maximum Gasteiger partial charge on any atom is 0.170 e. The molecule has 0 aliphatic heterocycles. The summed E-state index contributed by atoms with van der Waals surface area (Å²) in [5, 5.41) is 1.99. The van der Waals surface area contributed by atoms with Crippen molar-refractivity contribution in [3.8, 4) is 28.4 Å². The van der Waals surface area contributed by atoms with Crippen LogP contribution in [0.15, 0.2) is 48.8 Å². The largest absolute Gasteiger partial charge is 0.497 e. The zero-order chi connectivity index (χ0) is 15.5. The van der Waals surface area contributed by atoms with Crippen LogP contribution in [0, 0.1) is 0 Å². The summed E-state index contributed by atoms with van der Waals surface area (Å²) in [4.78, 5) is 4.35. The third-order valence-corrected chi connectivity index (χ3v) is 3.68. The Labute approximate surface area is 129 Å². The van der Waals surface area contributed by atoms with Crippen LogP contribution in [-0.4, -0.2) is 26.3 Å². The van der Waals surface area contributed by atoms with E-state index in [-0.39, 0.29) is 0 Å². The van der Waals surface area contributed by atoms with Crippen molar-refractivity contribution in [3.05, 3.63) is 48.8 Å². The first-order chi connectivity index (χ1) is 10.8. The lowest BCUT2D eigenvalue weighted by atomic mass is 10.00. The van der Waals surface area contributed by atoms with Gasteiger partial charge in [0, 0.05) is 23.3 Å². The summed E-state index contributed by atoms with van der Waals surface area (Å²) in [6.07, 6.45) is 3.65. The lowest BCUT2D eigenvalue weighted by molar-refractivity contribution is 0.358. The van der Waals surface area contributed by atoms with Gasteiger partial charge in [-0.05, 0) is 35.2 Å². The molecule has 4 nitrogen and oxygen atoms in total. The lowest BCUT2D eigenvalue weighted by Gasteiger charge is -2.13. The Morgan fingerprint density at radius 2 is 1.50 bits per heavy atom. The molecule has 0 radical (unpaired) electrons. The molecule has 22 heavy (non-hydrogen) atoms. The minimum atomic E-state index is 0.697. The number of nitrogens with zero attached hydrogens (tertiary/aromatic N) is 1. The Morgan fingerprint density at radius 1 is 0.727 bits per heavy atom. The Bertz CT molecular complexity index is 797. The zero-order valence-electron chi connectivity index (χ0n) is 12.8. The predicted molar refractivity (Wildman–Crippen MR) is 86.8 cm³/mol. The highest BCUT2D eigenvalue weighted by Gasteiger charge is 2.12. The van der Waals surface area contributed by atoms with E-state index in [0.29, 0.717) is 11.5 Å². The van der Waals surface area contributed by atoms with Crippen molar-refractivity contribution in [1.82, 2.24) is 4.98 Å². The van der Waals surface area contributed by atoms with Gasteiger partial charge in [0.05, 0.1) is 21.3 Å². The van der Waals surface area contributed by atoms with Crippen molar-refractivity contribution in [2.24, 2.45) is 0 Å². The molecule has 0 bridgehead atoms. The van der Waals surface area contributed by atoms with Gasteiger partial charge in [-0.25, -0.2) is 0 Å². The number of benzene rings is 2. The lowest BCUT2D eigenvalue weighted by Crippen LogP contribution is -1.93. The van der Waals surface area contributed by atoms with Crippen molar-refractivity contribution in [3.63, 3.8) is 0 Å². The number of fused-ring (bicyclic) bond motifs is 1. The fourth-order valence-electron chi connectivity index (χ4n) is 2.57. The SMILES string of the molecule is COc1ccc(-c2cncc3c(OC)c(OC)ccc23)cc1. The molecule has 1 aromatic heterocycles. The van der Waals surface area contributed by atoms with Gasteiger partial charge in [0.1, 0.15) is 5.75 Å². The van der Waals surface area contributed by atoms with Crippen molar-refractivity contribution in [1.29, 1.82) is 0 Å². The number of aromatic nitrogens is 1. The maximum atomic E-state index is 5.49. The van der Waals surface area contributed by atoms with Gasteiger partial charge in [-0.2, -0.15) is 0 Å². The van der Waals surface area contributed by atoms with E-state index in [4.69, 9.17) is 14.2 Å². The van der Waals surface area contributed by atoms with Gasteiger partial charge in [-0.1, -0.05) is 12.1 Å². The Balaban J connectivity index is 2.22. The van der Waals surface area contributed by atoms with E-state index in [1.807, 2.05) is 42.6 Å². The summed E-state index contributed by atoms with van der Waals surface area (Å²) < 4.78 is 16.0. The molecule has 4 heteroatoms. The molecule has 0 saturated carbocycles. The number of methoxy groups -OCH3 is 3. The van der Waals surface area contributed by atoms with Crippen LogP contribution in [0.25, 0.3) is 21.9 Å². The number of pyridine rings is 1. The molecule has 0 atom stereocenters. The predicted octanol–water partition coefficient (Wildman–Crippen LogP) is 3.93. The first-order valence-electron chi connectivity index (χ1n) is 6.91. The summed E-state index contributed by atoms with van der Waals surface area (Å²) in [6, 6.07) is 11.9. The summed E-state index contributed by atoms with van der Waals surface area (Å²) >= 11 is 0. The van der Waals surface area contributed by atoms with Crippen molar-refractivity contribution >= 4 is 10.8 Å². The smallest absolute Gasteiger partial charge is 0.170 e. The molecular weight excluding hydrogens is 278 g/mol. The molecule has 0 N–H and O–H groups in total. The second kappa shape index (κ2) is 5.93. The van der Waals surface area contributed by atoms with E-state index in [9.17, 15) is 0 Å². The normalized spacial score (nSPS) is 10.5. The molecule has 0 aliphatic rings. The Kier molecular flexibility index (Phi) is 3.83. The fourth-order valence-corrected chi connectivity index (χ4v) is 2.57. The third kappa shape index (κ3) is 2.33. The highest BCUT2D eigenvalue weighted by Crippen LogP contribution is 2.38. The molecule has 3 rings (SSSR count). The van der Waals surface area contributed by atoms with E-state index in [1.165, 1.54) is 0 Å². The number of rotatable bonds is 4. The highest BCUT2D eigenvalue weighted by atomic mass is 16.5. The summed E-state index contributed by atoms with van der Waals surface area (Å²) in [5.41, 5.74) is 2.12. The molecule has 0 fully saturated rings. The van der Waals surface area contributed by atoms with Gasteiger partial charge >= 0.3 is 0 Å². The van der Waals surface area contributed by atoms with Crippen LogP contribution >= 0.6 is 0 Å². The van der Waals surface area contributed by atoms with Crippen molar-refractivity contribution in [2.45, 2.75) is 0 Å². The first-order valence-corrected chi connectivity index (χ1v) is 6.91. The van der Waals surface area contributed by atoms with Crippen LogP contribution < -0.4 is 14.2 Å². The molecular formula is C18H17NO3. The van der Waals surface area contributed by atoms with Crippen LogP contribution in [-0.2, 0) is 0 Å². The minimum absolute atomic E-state index is 0.697. The van der Waals surface area contributed by atoms with Crippen LogP contribution in [0.5, 0.6) is 17.2 Å². The van der Waals surface area contributed by atoms with Crippen LogP contribution in [0.2, 0.25) is 0 Å². The molecule has 0 amide bonds. The topological polar surface area (TPSA) is 40.6 Å². The number of hydrogen-bond acceptors (Lipinski definition) is 4. The van der Waals surface area contributed by atoms with Gasteiger partial charge in [0.2, 0.25) is 0 Å². The van der Waals surface area contributed by atoms with E-state index in [0.717, 1.165) is 27.6 Å². The molecule has 112 valence electrons. The first kappa shape index (κ1) is 14.2. The number of hydrogen-bond donors (Lipinski definition) is 0. The Morgan fingerprint density at radius 3 is 2.14 bits per heavy atom. The summed E-state index contributed by atoms with van der Waals surface area (Å²) in [5.74, 6) is 2.22. The molecule has 0 aliphatic carbocycles. The standard InChI is InChI=1S/C18H17NO3/c1-20-13-6-4-12(5-7-13)15-10-19-11-16-14(15)8-9-17(21-2)18(16)22-3/h4-11H,1-3H3. The van der Waals surface area contributed by atoms with Gasteiger partial charge in [-0.3, -0.25) is 4.98 Å². The quantitative estimate of drug-likeness (QED) is 0.731. The Hall–Kier alpha value is -2.75. The maximum absolute atomic E-state index is 5.49. The van der Waals surface area contributed by atoms with E-state index in [2.05, 4.69) is 4.98 Å². The van der Waals surface area contributed by atoms with Crippen molar-refractivity contribution in [2.75, 3.05) is 21.3 Å². The van der Waals surface area contributed by atoms with Gasteiger partial charge < -0.3 is 14.2 Å². The van der Waals surface area contributed by atoms with Gasteiger partial charge in [-0.15, -0.1) is 0 Å². The monoisotopic (exact) mass is 295 g/mol. The third-order valence-electron chi connectivity index (χ3n) is 3.68. The molecule has 3 aromatic rings. The highest BCUT2D eigenvalue weighted by molar-refractivity contribution is 6.00. The van der Waals surface area contributed by atoms with E-state index >= 15 is 0 Å². The average Bonchev–Trinajstić information content (AvgIpc) is 2.60. The van der Waals surface area contributed by atoms with Crippen molar-refractivity contribution < 1.29 is 14.2 Å². The van der Waals surface area contributed by atoms with Gasteiger partial charge in [0.25, 0.3) is 0 Å². The van der Waals surface area contributed by atoms with Crippen LogP contribution in [0.1, 0.15) is 0 Å². The van der Waals surface area contributed by atoms with Gasteiger partial charge in [0.15, 0.2) is 11.5 Å². The molecule has 0 spiro atoms. The summed E-state index contributed by atoms with van der Waals surface area (Å²) in [7, 11) is 4.92. The number of ether oxygens (including phenoxy) is 3. The second-order valence-electron chi connectivity index (χ2n) is 4.81. The van der Waals surface area contributed by atoms with E-state index < -0.39 is 0 Å². The fraction of sp³-hybridized carbons (Fsp3) is 0.167. The molecule has 1 heterocycles. The molecule has 0 unspecified atom stereocenters. The van der Waals surface area contributed by atoms with E-state index in [1.54, 1.807) is 27.5 Å². The molecule has 0 saturated heterocycles. The second-order valence-corrected chi connectivity index (χ2v) is 4.81. The summed E-state index contributed by atoms with van der Waals surface area (Å²) in [6.45, 7) is 0.